The van der Waals surface area contributed by atoms with Crippen molar-refractivity contribution in [1.29, 1.82) is 0 Å². The molecule has 0 aromatic rings. The van der Waals surface area contributed by atoms with Gasteiger partial charge in [-0.1, -0.05) is 15.9 Å². The Hall–Kier alpha value is -0.740. The lowest BCUT2D eigenvalue weighted by Gasteiger charge is -2.14. The molecule has 0 amide bonds. The zero-order valence-corrected chi connectivity index (χ0v) is 17.7. The predicted octanol–water partition coefficient (Wildman–Crippen LogP) is 0.674. The predicted molar refractivity (Wildman–Crippen MR) is 107 cm³/mol. The number of halogens is 1. The number of hydrogen-bond acceptors (Lipinski definition) is 6. The Morgan fingerprint density at radius 2 is 1.28 bits per heavy atom. The van der Waals surface area contributed by atoms with Crippen LogP contribution in [0.2, 0.25) is 0 Å². The molecule has 0 aromatic heterocycles. The second kappa shape index (κ2) is 25.5. The third-order valence-electron chi connectivity index (χ3n) is 2.82. The average Bonchev–Trinajstić information content (AvgIpc) is 2.57. The Kier molecular flexibility index (Phi) is 29.6. The van der Waals surface area contributed by atoms with Gasteiger partial charge in [0.25, 0.3) is 0 Å². The second-order valence-electron chi connectivity index (χ2n) is 5.30. The number of rotatable bonds is 13. The van der Waals surface area contributed by atoms with Crippen molar-refractivity contribution in [2.75, 3.05) is 66.2 Å². The molecule has 0 aliphatic heterocycles. The minimum Gasteiger partial charge on any atom is -0.481 e. The normalized spacial score (nSPS) is 9.68. The minimum absolute atomic E-state index is 0.268. The molecular formula is C16H37BrN4O4. The van der Waals surface area contributed by atoms with Crippen LogP contribution in [0.5, 0.6) is 0 Å². The van der Waals surface area contributed by atoms with Crippen LogP contribution in [0, 0.1) is 0 Å². The molecule has 0 aromatic carbocycles. The third kappa shape index (κ3) is 39.8. The van der Waals surface area contributed by atoms with E-state index in [2.05, 4.69) is 36.8 Å². The third-order valence-corrected chi connectivity index (χ3v) is 3.38. The molecule has 0 atom stereocenters. The standard InChI is InChI=1S/C8H18N2O2.C4H7BrO2.C4H12N2/c1-9-5-7-10(2)6-3-4-8(11)12;5-3-1-2-4(6)7;1-5-3-4-6-2/h9H,3-7H2,1-2H3,(H,11,12);1-3H2,(H,6,7);5-6H,3-4H2,1-2H3. The van der Waals surface area contributed by atoms with E-state index >= 15 is 0 Å². The first-order valence-corrected chi connectivity index (χ1v) is 9.59. The van der Waals surface area contributed by atoms with Crippen molar-refractivity contribution < 1.29 is 19.8 Å². The highest BCUT2D eigenvalue weighted by Gasteiger charge is 1.99. The Morgan fingerprint density at radius 3 is 1.60 bits per heavy atom. The molecule has 0 bridgehead atoms. The van der Waals surface area contributed by atoms with Gasteiger partial charge in [-0.25, -0.2) is 0 Å². The van der Waals surface area contributed by atoms with Crippen molar-refractivity contribution in [3.05, 3.63) is 0 Å². The maximum absolute atomic E-state index is 10.2. The van der Waals surface area contributed by atoms with Gasteiger partial charge in [0, 0.05) is 44.4 Å². The van der Waals surface area contributed by atoms with E-state index in [1.54, 1.807) is 0 Å². The summed E-state index contributed by atoms with van der Waals surface area (Å²) >= 11 is 3.11. The molecule has 0 spiro atoms. The van der Waals surface area contributed by atoms with E-state index in [-0.39, 0.29) is 12.8 Å². The SMILES string of the molecule is CNCCN(C)CCCC(=O)O.CNCCNC.O=C(O)CCCBr. The number of carboxylic acids is 2. The first-order chi connectivity index (χ1) is 11.8. The van der Waals surface area contributed by atoms with E-state index in [0.717, 1.165) is 50.9 Å². The lowest BCUT2D eigenvalue weighted by atomic mass is 10.3. The fourth-order valence-corrected chi connectivity index (χ4v) is 1.66. The van der Waals surface area contributed by atoms with E-state index in [1.807, 2.05) is 28.2 Å². The fourth-order valence-electron chi connectivity index (χ4n) is 1.38. The molecule has 0 fully saturated rings. The van der Waals surface area contributed by atoms with Crippen LogP contribution < -0.4 is 16.0 Å². The van der Waals surface area contributed by atoms with Crippen molar-refractivity contribution >= 4 is 27.9 Å². The molecule has 5 N–H and O–H groups in total. The Bertz CT molecular complexity index is 293. The monoisotopic (exact) mass is 428 g/mol. The Morgan fingerprint density at radius 1 is 0.840 bits per heavy atom. The maximum Gasteiger partial charge on any atom is 0.303 e. The summed E-state index contributed by atoms with van der Waals surface area (Å²) in [5.74, 6) is -1.43. The Labute approximate surface area is 160 Å². The van der Waals surface area contributed by atoms with Gasteiger partial charge in [-0.05, 0) is 47.6 Å². The second-order valence-corrected chi connectivity index (χ2v) is 6.09. The van der Waals surface area contributed by atoms with Crippen LogP contribution in [0.1, 0.15) is 25.7 Å². The molecule has 8 nitrogen and oxygen atoms in total. The van der Waals surface area contributed by atoms with Crippen molar-refractivity contribution in [3.63, 3.8) is 0 Å². The summed E-state index contributed by atoms with van der Waals surface area (Å²) in [6, 6.07) is 0. The number of carbonyl (C=O) groups is 2. The number of likely N-dealkylation sites (N-methyl/N-ethyl adjacent to an activating group) is 4. The lowest BCUT2D eigenvalue weighted by Crippen LogP contribution is -2.28. The summed E-state index contributed by atoms with van der Waals surface area (Å²) in [6.07, 6.45) is 1.99. The van der Waals surface area contributed by atoms with Crippen LogP contribution in [-0.4, -0.2) is 93.3 Å². The molecule has 152 valence electrons. The quantitative estimate of drug-likeness (QED) is 0.215. The molecule has 0 saturated heterocycles. The van der Waals surface area contributed by atoms with Gasteiger partial charge in [-0.15, -0.1) is 0 Å². The van der Waals surface area contributed by atoms with Gasteiger partial charge in [-0.3, -0.25) is 9.59 Å². The number of nitrogens with zero attached hydrogens (tertiary/aromatic N) is 1. The molecule has 0 saturated carbocycles. The van der Waals surface area contributed by atoms with Gasteiger partial charge in [0.15, 0.2) is 0 Å². The zero-order chi connectivity index (χ0) is 19.9. The molecule has 0 unspecified atom stereocenters. The molecule has 0 radical (unpaired) electrons. The van der Waals surface area contributed by atoms with Gasteiger partial charge < -0.3 is 31.1 Å². The molecule has 25 heavy (non-hydrogen) atoms. The largest absolute Gasteiger partial charge is 0.481 e. The summed E-state index contributed by atoms with van der Waals surface area (Å²) in [5.41, 5.74) is 0. The fraction of sp³-hybridized carbons (Fsp3) is 0.875. The molecule has 9 heteroatoms. The van der Waals surface area contributed by atoms with Gasteiger partial charge >= 0.3 is 11.9 Å². The van der Waals surface area contributed by atoms with Crippen molar-refractivity contribution in [2.45, 2.75) is 25.7 Å². The van der Waals surface area contributed by atoms with E-state index in [9.17, 15) is 9.59 Å². The summed E-state index contributed by atoms with van der Waals surface area (Å²) < 4.78 is 0. The summed E-state index contributed by atoms with van der Waals surface area (Å²) in [4.78, 5) is 22.0. The number of nitrogens with one attached hydrogen (secondary N) is 3. The highest BCUT2D eigenvalue weighted by atomic mass is 79.9. The number of alkyl halides is 1. The Balaban J connectivity index is -0.000000317. The van der Waals surface area contributed by atoms with E-state index in [4.69, 9.17) is 10.2 Å². The number of aliphatic carboxylic acids is 2. The first kappa shape index (κ1) is 29.0. The molecule has 0 aliphatic carbocycles. The van der Waals surface area contributed by atoms with Crippen molar-refractivity contribution in [1.82, 2.24) is 20.9 Å². The van der Waals surface area contributed by atoms with Crippen LogP contribution >= 0.6 is 15.9 Å². The summed E-state index contributed by atoms with van der Waals surface area (Å²) in [6.45, 7) is 4.88. The van der Waals surface area contributed by atoms with E-state index in [1.165, 1.54) is 0 Å². The van der Waals surface area contributed by atoms with Gasteiger partial charge in [0.1, 0.15) is 0 Å². The summed E-state index contributed by atoms with van der Waals surface area (Å²) in [7, 11) is 7.79. The van der Waals surface area contributed by atoms with Crippen molar-refractivity contribution in [3.8, 4) is 0 Å². The topological polar surface area (TPSA) is 114 Å². The van der Waals surface area contributed by atoms with Crippen LogP contribution in [0.4, 0.5) is 0 Å². The van der Waals surface area contributed by atoms with E-state index < -0.39 is 11.9 Å². The number of hydrogen-bond donors (Lipinski definition) is 5. The van der Waals surface area contributed by atoms with Gasteiger partial charge in [0.05, 0.1) is 0 Å². The molecule has 0 rings (SSSR count). The van der Waals surface area contributed by atoms with Crippen LogP contribution in [0.15, 0.2) is 0 Å². The van der Waals surface area contributed by atoms with Crippen LogP contribution in [0.25, 0.3) is 0 Å². The summed E-state index contributed by atoms with van der Waals surface area (Å²) in [5, 5.41) is 26.2. The molecular weight excluding hydrogens is 392 g/mol. The highest BCUT2D eigenvalue weighted by molar-refractivity contribution is 9.09. The van der Waals surface area contributed by atoms with Crippen LogP contribution in [0.3, 0.4) is 0 Å². The highest BCUT2D eigenvalue weighted by Crippen LogP contribution is 1.92. The van der Waals surface area contributed by atoms with Gasteiger partial charge in [-0.2, -0.15) is 0 Å². The smallest absolute Gasteiger partial charge is 0.303 e. The zero-order valence-electron chi connectivity index (χ0n) is 16.1. The van der Waals surface area contributed by atoms with Gasteiger partial charge in [0.2, 0.25) is 0 Å². The lowest BCUT2D eigenvalue weighted by molar-refractivity contribution is -0.138. The minimum atomic E-state index is -0.723. The maximum atomic E-state index is 10.2. The van der Waals surface area contributed by atoms with E-state index in [0.29, 0.717) is 0 Å². The number of carboxylic acid groups (broad SMARTS) is 2. The van der Waals surface area contributed by atoms with Crippen LogP contribution in [-0.2, 0) is 9.59 Å². The first-order valence-electron chi connectivity index (χ1n) is 8.47. The average molecular weight is 429 g/mol. The molecule has 0 heterocycles. The van der Waals surface area contributed by atoms with Crippen molar-refractivity contribution in [2.24, 2.45) is 0 Å². The molecule has 0 aliphatic rings.